The Morgan fingerprint density at radius 2 is 2.40 bits per heavy atom. The average Bonchev–Trinajstić information content (AvgIpc) is 2.64. The van der Waals surface area contributed by atoms with E-state index < -0.39 is 11.7 Å². The van der Waals surface area contributed by atoms with Crippen LogP contribution in [0.4, 0.5) is 0 Å². The first-order valence-electron chi connectivity index (χ1n) is 4.33. The number of rotatable bonds is 2. The van der Waals surface area contributed by atoms with Crippen LogP contribution in [0.15, 0.2) is 11.1 Å². The molecular formula is C8H8N4O3. The van der Waals surface area contributed by atoms with E-state index in [1.165, 1.54) is 6.33 Å². The molecule has 0 aliphatic carbocycles. The maximum absolute atomic E-state index is 11.4. The summed E-state index contributed by atoms with van der Waals surface area (Å²) in [6.07, 6.45) is 1.35. The summed E-state index contributed by atoms with van der Waals surface area (Å²) in [7, 11) is 0. The molecule has 0 spiro atoms. The van der Waals surface area contributed by atoms with Crippen molar-refractivity contribution >= 4 is 17.1 Å². The smallest absolute Gasteiger partial charge is 0.357 e. The number of carbonyl (C=O) groups is 1. The zero-order valence-electron chi connectivity index (χ0n) is 7.90. The Balaban J connectivity index is 2.63. The third-order valence-electron chi connectivity index (χ3n) is 1.79. The molecule has 78 valence electrons. The minimum atomic E-state index is -0.627. The number of ether oxygens (including phenoxy) is 1. The fraction of sp³-hybridized carbons (Fsp3) is 0.250. The number of H-pyrrole nitrogens is 2. The lowest BCUT2D eigenvalue weighted by Crippen LogP contribution is -2.18. The van der Waals surface area contributed by atoms with Crippen LogP contribution < -0.4 is 5.69 Å². The second-order valence-corrected chi connectivity index (χ2v) is 2.74. The summed E-state index contributed by atoms with van der Waals surface area (Å²) in [6.45, 7) is 1.92. The minimum absolute atomic E-state index is 0.0457. The molecule has 2 heterocycles. The van der Waals surface area contributed by atoms with Gasteiger partial charge in [-0.2, -0.15) is 4.98 Å². The first kappa shape index (κ1) is 9.38. The van der Waals surface area contributed by atoms with Gasteiger partial charge in [-0.3, -0.25) is 4.98 Å². The molecule has 0 aliphatic heterocycles. The van der Waals surface area contributed by atoms with Crippen LogP contribution >= 0.6 is 0 Å². The van der Waals surface area contributed by atoms with Crippen molar-refractivity contribution < 1.29 is 9.53 Å². The molecule has 0 aliphatic rings. The zero-order valence-corrected chi connectivity index (χ0v) is 7.90. The molecule has 2 N–H and O–H groups in total. The maximum atomic E-state index is 11.4. The molecule has 0 amide bonds. The van der Waals surface area contributed by atoms with Crippen molar-refractivity contribution in [1.29, 1.82) is 0 Å². The Hall–Kier alpha value is -2.18. The Morgan fingerprint density at radius 1 is 1.60 bits per heavy atom. The Labute approximate surface area is 83.5 Å². The van der Waals surface area contributed by atoms with Gasteiger partial charge in [0.2, 0.25) is 0 Å². The molecule has 15 heavy (non-hydrogen) atoms. The highest BCUT2D eigenvalue weighted by atomic mass is 16.5. The van der Waals surface area contributed by atoms with E-state index in [-0.39, 0.29) is 17.9 Å². The van der Waals surface area contributed by atoms with Gasteiger partial charge < -0.3 is 9.72 Å². The maximum Gasteiger partial charge on any atom is 0.357 e. The van der Waals surface area contributed by atoms with Crippen LogP contribution in [-0.4, -0.2) is 32.5 Å². The van der Waals surface area contributed by atoms with Crippen LogP contribution in [0.2, 0.25) is 0 Å². The highest BCUT2D eigenvalue weighted by Gasteiger charge is 2.15. The molecule has 2 rings (SSSR count). The summed E-state index contributed by atoms with van der Waals surface area (Å²) < 4.78 is 4.78. The highest BCUT2D eigenvalue weighted by Crippen LogP contribution is 2.08. The molecule has 0 atom stereocenters. The summed E-state index contributed by atoms with van der Waals surface area (Å²) in [6, 6.07) is 0. The lowest BCUT2D eigenvalue weighted by molar-refractivity contribution is 0.0521. The average molecular weight is 208 g/mol. The van der Waals surface area contributed by atoms with Gasteiger partial charge in [0, 0.05) is 0 Å². The molecule has 2 aromatic rings. The topological polar surface area (TPSA) is 101 Å². The first-order valence-corrected chi connectivity index (χ1v) is 4.33. The first-order chi connectivity index (χ1) is 7.22. The van der Waals surface area contributed by atoms with E-state index in [0.717, 1.165) is 0 Å². The van der Waals surface area contributed by atoms with Crippen LogP contribution in [0.1, 0.15) is 17.4 Å². The van der Waals surface area contributed by atoms with Crippen LogP contribution in [-0.2, 0) is 4.74 Å². The normalized spacial score (nSPS) is 10.5. The summed E-state index contributed by atoms with van der Waals surface area (Å²) in [5.41, 5.74) is -0.0168. The molecule has 0 unspecified atom stereocenters. The number of esters is 1. The van der Waals surface area contributed by atoms with Gasteiger partial charge in [0.05, 0.1) is 12.9 Å². The Morgan fingerprint density at radius 3 is 3.13 bits per heavy atom. The SMILES string of the molecule is CCOC(=O)c1[nH]c(=O)nc2nc[nH]c12. The van der Waals surface area contributed by atoms with Crippen molar-refractivity contribution in [2.75, 3.05) is 6.61 Å². The predicted molar refractivity (Wildman–Crippen MR) is 50.5 cm³/mol. The van der Waals surface area contributed by atoms with Crippen molar-refractivity contribution in [2.24, 2.45) is 0 Å². The molecule has 2 aromatic heterocycles. The number of fused-ring (bicyclic) bond motifs is 1. The fourth-order valence-electron chi connectivity index (χ4n) is 1.21. The van der Waals surface area contributed by atoms with Gasteiger partial charge in [0.25, 0.3) is 0 Å². The molecule has 0 aromatic carbocycles. The van der Waals surface area contributed by atoms with Gasteiger partial charge >= 0.3 is 11.7 Å². The van der Waals surface area contributed by atoms with Gasteiger partial charge in [0.15, 0.2) is 11.3 Å². The summed E-state index contributed by atoms with van der Waals surface area (Å²) in [5.74, 6) is -0.605. The summed E-state index contributed by atoms with van der Waals surface area (Å²) in [4.78, 5) is 34.9. The number of nitrogens with one attached hydrogen (secondary N) is 2. The molecule has 0 saturated carbocycles. The Kier molecular flexibility index (Phi) is 2.20. The van der Waals surface area contributed by atoms with Crippen molar-refractivity contribution in [3.63, 3.8) is 0 Å². The molecule has 0 fully saturated rings. The number of hydrogen-bond donors (Lipinski definition) is 2. The van der Waals surface area contributed by atoms with Crippen LogP contribution in [0.5, 0.6) is 0 Å². The summed E-state index contributed by atoms with van der Waals surface area (Å²) in [5, 5.41) is 0. The van der Waals surface area contributed by atoms with E-state index in [2.05, 4.69) is 19.9 Å². The largest absolute Gasteiger partial charge is 0.461 e. The second kappa shape index (κ2) is 3.52. The quantitative estimate of drug-likeness (QED) is 0.667. The van der Waals surface area contributed by atoms with E-state index in [1.54, 1.807) is 6.92 Å². The third-order valence-corrected chi connectivity index (χ3v) is 1.79. The van der Waals surface area contributed by atoms with Crippen molar-refractivity contribution in [3.05, 3.63) is 22.5 Å². The summed E-state index contributed by atoms with van der Waals surface area (Å²) >= 11 is 0. The van der Waals surface area contributed by atoms with E-state index in [1.807, 2.05) is 0 Å². The van der Waals surface area contributed by atoms with Gasteiger partial charge in [-0.1, -0.05) is 0 Å². The number of aromatic amines is 2. The Bertz CT molecular complexity index is 556. The predicted octanol–water partition coefficient (Wildman–Crippen LogP) is -0.177. The molecule has 0 bridgehead atoms. The van der Waals surface area contributed by atoms with Crippen molar-refractivity contribution in [2.45, 2.75) is 6.92 Å². The highest BCUT2D eigenvalue weighted by molar-refractivity contribution is 5.98. The molecule has 7 nitrogen and oxygen atoms in total. The molecule has 0 radical (unpaired) electrons. The van der Waals surface area contributed by atoms with Gasteiger partial charge in [-0.15, -0.1) is 0 Å². The number of hydrogen-bond acceptors (Lipinski definition) is 5. The van der Waals surface area contributed by atoms with Crippen molar-refractivity contribution in [1.82, 2.24) is 19.9 Å². The van der Waals surface area contributed by atoms with E-state index in [0.29, 0.717) is 5.52 Å². The lowest BCUT2D eigenvalue weighted by atomic mass is 10.3. The second-order valence-electron chi connectivity index (χ2n) is 2.74. The monoisotopic (exact) mass is 208 g/mol. The number of aromatic nitrogens is 4. The molecule has 7 heteroatoms. The van der Waals surface area contributed by atoms with Crippen LogP contribution in [0.25, 0.3) is 11.2 Å². The fourth-order valence-corrected chi connectivity index (χ4v) is 1.21. The molecule has 0 saturated heterocycles. The standard InChI is InChI=1S/C8H8N4O3/c1-2-15-7(13)5-4-6(10-3-9-4)12-8(14)11-5/h3H,2H2,1H3,(H2,9,10,11,12,14). The lowest BCUT2D eigenvalue weighted by Gasteiger charge is -2.01. The third kappa shape index (κ3) is 1.58. The van der Waals surface area contributed by atoms with E-state index >= 15 is 0 Å². The van der Waals surface area contributed by atoms with E-state index in [4.69, 9.17) is 4.74 Å². The minimum Gasteiger partial charge on any atom is -0.461 e. The number of nitrogens with zero attached hydrogens (tertiary/aromatic N) is 2. The van der Waals surface area contributed by atoms with Gasteiger partial charge in [0.1, 0.15) is 5.52 Å². The van der Waals surface area contributed by atoms with Crippen molar-refractivity contribution in [3.8, 4) is 0 Å². The molecular weight excluding hydrogens is 200 g/mol. The van der Waals surface area contributed by atoms with Gasteiger partial charge in [-0.05, 0) is 6.92 Å². The van der Waals surface area contributed by atoms with Gasteiger partial charge in [-0.25, -0.2) is 14.6 Å². The van der Waals surface area contributed by atoms with Crippen LogP contribution in [0, 0.1) is 0 Å². The number of imidazole rings is 1. The van der Waals surface area contributed by atoms with E-state index in [9.17, 15) is 9.59 Å². The zero-order chi connectivity index (χ0) is 10.8. The number of carbonyl (C=O) groups excluding carboxylic acids is 1. The van der Waals surface area contributed by atoms with Crippen LogP contribution in [0.3, 0.4) is 0 Å².